The van der Waals surface area contributed by atoms with Crippen LogP contribution in [0, 0.1) is 0 Å². The molecular formula is C15H12F3N3O2. The van der Waals surface area contributed by atoms with E-state index in [1.807, 2.05) is 6.07 Å². The van der Waals surface area contributed by atoms with Crippen molar-refractivity contribution < 1.29 is 23.2 Å². The fourth-order valence-corrected chi connectivity index (χ4v) is 2.60. The SMILES string of the molecule is O=C(NO)c1cccc2c1CN(c1ccc(C(F)(F)F)cn1)C2. The summed E-state index contributed by atoms with van der Waals surface area (Å²) in [4.78, 5) is 17.3. The second-order valence-electron chi connectivity index (χ2n) is 5.14. The molecule has 23 heavy (non-hydrogen) atoms. The number of aromatic nitrogens is 1. The molecule has 120 valence electrons. The molecule has 0 bridgehead atoms. The number of anilines is 1. The predicted octanol–water partition coefficient (Wildman–Crippen LogP) is 2.74. The van der Waals surface area contributed by atoms with Gasteiger partial charge in [0.2, 0.25) is 0 Å². The number of nitrogens with zero attached hydrogens (tertiary/aromatic N) is 2. The Morgan fingerprint density at radius 1 is 1.22 bits per heavy atom. The average molecular weight is 323 g/mol. The molecule has 5 nitrogen and oxygen atoms in total. The van der Waals surface area contributed by atoms with Crippen LogP contribution >= 0.6 is 0 Å². The number of rotatable bonds is 2. The van der Waals surface area contributed by atoms with Gasteiger partial charge in [0.25, 0.3) is 5.91 Å². The Morgan fingerprint density at radius 2 is 2.00 bits per heavy atom. The molecule has 0 spiro atoms. The molecule has 1 aliphatic rings. The third kappa shape index (κ3) is 2.85. The Hall–Kier alpha value is -2.61. The largest absolute Gasteiger partial charge is 0.417 e. The highest BCUT2D eigenvalue weighted by molar-refractivity contribution is 5.95. The lowest BCUT2D eigenvalue weighted by molar-refractivity contribution is -0.137. The van der Waals surface area contributed by atoms with Crippen molar-refractivity contribution in [2.24, 2.45) is 0 Å². The number of carbonyl (C=O) groups is 1. The summed E-state index contributed by atoms with van der Waals surface area (Å²) in [7, 11) is 0. The van der Waals surface area contributed by atoms with Gasteiger partial charge in [-0.05, 0) is 29.3 Å². The van der Waals surface area contributed by atoms with E-state index in [0.29, 0.717) is 24.5 Å². The summed E-state index contributed by atoms with van der Waals surface area (Å²) >= 11 is 0. The molecule has 8 heteroatoms. The lowest BCUT2D eigenvalue weighted by atomic mass is 10.0. The smallest absolute Gasteiger partial charge is 0.348 e. The van der Waals surface area contributed by atoms with Crippen molar-refractivity contribution in [3.63, 3.8) is 0 Å². The molecule has 0 saturated carbocycles. The lowest BCUT2D eigenvalue weighted by Gasteiger charge is -2.17. The van der Waals surface area contributed by atoms with E-state index in [-0.39, 0.29) is 0 Å². The number of hydrogen-bond acceptors (Lipinski definition) is 4. The molecule has 0 atom stereocenters. The predicted molar refractivity (Wildman–Crippen MR) is 74.8 cm³/mol. The van der Waals surface area contributed by atoms with Gasteiger partial charge in [-0.1, -0.05) is 12.1 Å². The molecule has 0 unspecified atom stereocenters. The van der Waals surface area contributed by atoms with Gasteiger partial charge in [0.05, 0.1) is 5.56 Å². The van der Waals surface area contributed by atoms with Crippen molar-refractivity contribution in [2.45, 2.75) is 19.3 Å². The molecule has 2 N–H and O–H groups in total. The number of hydrogen-bond donors (Lipinski definition) is 2. The van der Waals surface area contributed by atoms with Crippen LogP contribution in [0.3, 0.4) is 0 Å². The number of carbonyl (C=O) groups excluding carboxylic acids is 1. The maximum Gasteiger partial charge on any atom is 0.417 e. The summed E-state index contributed by atoms with van der Waals surface area (Å²) in [5, 5.41) is 8.78. The molecule has 0 fully saturated rings. The maximum atomic E-state index is 12.6. The van der Waals surface area contributed by atoms with Crippen LogP contribution in [0.2, 0.25) is 0 Å². The third-order valence-corrected chi connectivity index (χ3v) is 3.73. The van der Waals surface area contributed by atoms with E-state index < -0.39 is 17.6 Å². The summed E-state index contributed by atoms with van der Waals surface area (Å²) < 4.78 is 37.7. The van der Waals surface area contributed by atoms with Gasteiger partial charge < -0.3 is 4.90 Å². The Balaban J connectivity index is 1.86. The van der Waals surface area contributed by atoms with Gasteiger partial charge in [-0.3, -0.25) is 10.0 Å². The Morgan fingerprint density at radius 3 is 2.61 bits per heavy atom. The summed E-state index contributed by atoms with van der Waals surface area (Å²) in [6.45, 7) is 0.761. The van der Waals surface area contributed by atoms with Crippen LogP contribution in [-0.4, -0.2) is 16.1 Å². The number of fused-ring (bicyclic) bond motifs is 1. The molecule has 2 aromatic rings. The van der Waals surface area contributed by atoms with Gasteiger partial charge in [0, 0.05) is 24.8 Å². The van der Waals surface area contributed by atoms with Crippen molar-refractivity contribution in [2.75, 3.05) is 4.90 Å². The quantitative estimate of drug-likeness (QED) is 0.659. The fraction of sp³-hybridized carbons (Fsp3) is 0.200. The van der Waals surface area contributed by atoms with Gasteiger partial charge >= 0.3 is 6.18 Å². The molecular weight excluding hydrogens is 311 g/mol. The Kier molecular flexibility index (Phi) is 3.69. The monoisotopic (exact) mass is 323 g/mol. The van der Waals surface area contributed by atoms with Gasteiger partial charge in [-0.2, -0.15) is 13.2 Å². The third-order valence-electron chi connectivity index (χ3n) is 3.73. The molecule has 0 radical (unpaired) electrons. The van der Waals surface area contributed by atoms with Gasteiger partial charge in [0.15, 0.2) is 0 Å². The number of benzene rings is 1. The summed E-state index contributed by atoms with van der Waals surface area (Å²) in [5.41, 5.74) is 2.71. The van der Waals surface area contributed by atoms with Crippen LogP contribution in [-0.2, 0) is 19.3 Å². The van der Waals surface area contributed by atoms with E-state index in [1.165, 1.54) is 6.07 Å². The van der Waals surface area contributed by atoms with Crippen LogP contribution in [0.4, 0.5) is 19.0 Å². The molecule has 0 aliphatic carbocycles. The molecule has 1 aliphatic heterocycles. The Labute approximate surface area is 129 Å². The molecule has 1 aromatic carbocycles. The topological polar surface area (TPSA) is 65.5 Å². The zero-order valence-electron chi connectivity index (χ0n) is 11.8. The first-order valence-corrected chi connectivity index (χ1v) is 6.73. The highest BCUT2D eigenvalue weighted by atomic mass is 19.4. The van der Waals surface area contributed by atoms with Crippen molar-refractivity contribution in [3.8, 4) is 0 Å². The number of halogens is 3. The maximum absolute atomic E-state index is 12.6. The number of pyridine rings is 1. The number of amides is 1. The second-order valence-corrected chi connectivity index (χ2v) is 5.14. The van der Waals surface area contributed by atoms with E-state index >= 15 is 0 Å². The van der Waals surface area contributed by atoms with Crippen molar-refractivity contribution in [1.29, 1.82) is 0 Å². The van der Waals surface area contributed by atoms with Crippen molar-refractivity contribution in [3.05, 3.63) is 58.8 Å². The number of alkyl halides is 3. The molecule has 3 rings (SSSR count). The molecule has 1 amide bonds. The zero-order valence-corrected chi connectivity index (χ0v) is 11.8. The average Bonchev–Trinajstić information content (AvgIpc) is 2.97. The zero-order chi connectivity index (χ0) is 16.6. The fourth-order valence-electron chi connectivity index (χ4n) is 2.60. The van der Waals surface area contributed by atoms with E-state index in [0.717, 1.165) is 23.4 Å². The van der Waals surface area contributed by atoms with Gasteiger partial charge in [-0.25, -0.2) is 10.5 Å². The van der Waals surface area contributed by atoms with Crippen LogP contribution in [0.5, 0.6) is 0 Å². The summed E-state index contributed by atoms with van der Waals surface area (Å²) in [5.74, 6) is -0.228. The van der Waals surface area contributed by atoms with Crippen LogP contribution in [0.1, 0.15) is 27.0 Å². The highest BCUT2D eigenvalue weighted by Gasteiger charge is 2.31. The molecule has 2 heterocycles. The van der Waals surface area contributed by atoms with E-state index in [9.17, 15) is 18.0 Å². The van der Waals surface area contributed by atoms with Gasteiger partial charge in [0.1, 0.15) is 5.82 Å². The second kappa shape index (κ2) is 5.54. The standard InChI is InChI=1S/C15H12F3N3O2/c16-15(17,18)10-4-5-13(19-6-10)21-7-9-2-1-3-11(12(9)8-21)14(22)20-23/h1-6,23H,7-8H2,(H,20,22). The minimum absolute atomic E-state index is 0.331. The summed E-state index contributed by atoms with van der Waals surface area (Å²) in [6.07, 6.45) is -3.63. The van der Waals surface area contributed by atoms with E-state index in [2.05, 4.69) is 4.98 Å². The minimum atomic E-state index is -4.42. The van der Waals surface area contributed by atoms with E-state index in [1.54, 1.807) is 22.5 Å². The van der Waals surface area contributed by atoms with Crippen LogP contribution in [0.15, 0.2) is 36.5 Å². The molecule has 0 saturated heterocycles. The Bertz CT molecular complexity index is 745. The van der Waals surface area contributed by atoms with Crippen LogP contribution < -0.4 is 10.4 Å². The first-order chi connectivity index (χ1) is 10.9. The summed E-state index contributed by atoms with van der Waals surface area (Å²) in [6, 6.07) is 7.38. The van der Waals surface area contributed by atoms with Gasteiger partial charge in [-0.15, -0.1) is 0 Å². The minimum Gasteiger partial charge on any atom is -0.348 e. The number of hydroxylamine groups is 1. The lowest BCUT2D eigenvalue weighted by Crippen LogP contribution is -2.21. The van der Waals surface area contributed by atoms with Crippen LogP contribution in [0.25, 0.3) is 0 Å². The number of nitrogens with one attached hydrogen (secondary N) is 1. The molecule has 1 aromatic heterocycles. The van der Waals surface area contributed by atoms with E-state index in [4.69, 9.17) is 5.21 Å². The highest BCUT2D eigenvalue weighted by Crippen LogP contribution is 2.32. The van der Waals surface area contributed by atoms with Crippen molar-refractivity contribution >= 4 is 11.7 Å². The normalized spacial score (nSPS) is 13.8. The first-order valence-electron chi connectivity index (χ1n) is 6.73. The first kappa shape index (κ1) is 15.3. The van der Waals surface area contributed by atoms with Crippen molar-refractivity contribution in [1.82, 2.24) is 10.5 Å².